The first-order valence-corrected chi connectivity index (χ1v) is 8.08. The molecule has 19 heavy (non-hydrogen) atoms. The third-order valence-corrected chi connectivity index (χ3v) is 5.03. The lowest BCUT2D eigenvalue weighted by atomic mass is 9.84. The van der Waals surface area contributed by atoms with Crippen molar-refractivity contribution in [3.8, 4) is 0 Å². The Morgan fingerprint density at radius 1 is 1.32 bits per heavy atom. The Kier molecular flexibility index (Phi) is 5.26. The van der Waals surface area contributed by atoms with Crippen LogP contribution in [-0.2, 0) is 9.53 Å². The lowest BCUT2D eigenvalue weighted by Crippen LogP contribution is -2.46. The summed E-state index contributed by atoms with van der Waals surface area (Å²) in [5.41, 5.74) is 0. The molecule has 2 fully saturated rings. The molecule has 3 unspecified atom stereocenters. The highest BCUT2D eigenvalue weighted by Crippen LogP contribution is 2.32. The summed E-state index contributed by atoms with van der Waals surface area (Å²) in [4.78, 5) is 15.1. The molecule has 2 saturated heterocycles. The molecule has 3 heteroatoms. The van der Waals surface area contributed by atoms with Crippen molar-refractivity contribution in [3.05, 3.63) is 0 Å². The first kappa shape index (κ1) is 14.8. The first-order valence-electron chi connectivity index (χ1n) is 8.08. The quantitative estimate of drug-likeness (QED) is 0.782. The molecule has 0 aromatic carbocycles. The zero-order chi connectivity index (χ0) is 13.8. The van der Waals surface area contributed by atoms with E-state index in [1.54, 1.807) is 0 Å². The fourth-order valence-electron chi connectivity index (χ4n) is 3.85. The fraction of sp³-hybridized carbons (Fsp3) is 0.938. The monoisotopic (exact) mass is 267 g/mol. The van der Waals surface area contributed by atoms with E-state index in [9.17, 15) is 4.79 Å². The van der Waals surface area contributed by atoms with Gasteiger partial charge >= 0.3 is 0 Å². The maximum absolute atomic E-state index is 12.9. The largest absolute Gasteiger partial charge is 0.381 e. The minimum absolute atomic E-state index is 0.176. The number of hydrogen-bond donors (Lipinski definition) is 0. The summed E-state index contributed by atoms with van der Waals surface area (Å²) < 4.78 is 5.59. The molecular formula is C16H29NO2. The summed E-state index contributed by atoms with van der Waals surface area (Å²) in [7, 11) is 0. The summed E-state index contributed by atoms with van der Waals surface area (Å²) in [6, 6.07) is 0.900. The zero-order valence-corrected chi connectivity index (χ0v) is 12.7. The molecule has 0 radical (unpaired) electrons. The minimum atomic E-state index is 0.176. The third kappa shape index (κ3) is 3.13. The van der Waals surface area contributed by atoms with Crippen LogP contribution in [0.5, 0.6) is 0 Å². The van der Waals surface area contributed by atoms with Crippen molar-refractivity contribution in [1.82, 2.24) is 4.90 Å². The van der Waals surface area contributed by atoms with Gasteiger partial charge in [0.25, 0.3) is 0 Å². The second-order valence-electron chi connectivity index (χ2n) is 6.23. The van der Waals surface area contributed by atoms with Crippen LogP contribution in [0.4, 0.5) is 0 Å². The van der Waals surface area contributed by atoms with Crippen LogP contribution < -0.4 is 0 Å². The number of carbonyl (C=O) groups is 1. The molecule has 110 valence electrons. The van der Waals surface area contributed by atoms with Gasteiger partial charge in [0.2, 0.25) is 5.91 Å². The zero-order valence-electron chi connectivity index (χ0n) is 12.7. The van der Waals surface area contributed by atoms with Gasteiger partial charge in [-0.15, -0.1) is 0 Å². The number of carbonyl (C=O) groups excluding carboxylic acids is 1. The molecule has 2 heterocycles. The van der Waals surface area contributed by atoms with Crippen LogP contribution in [0.15, 0.2) is 0 Å². The lowest BCUT2D eigenvalue weighted by molar-refractivity contribution is -0.142. The van der Waals surface area contributed by atoms with Gasteiger partial charge in [0.15, 0.2) is 0 Å². The molecule has 4 atom stereocenters. The van der Waals surface area contributed by atoms with Gasteiger partial charge in [0.05, 0.1) is 6.61 Å². The van der Waals surface area contributed by atoms with Crippen LogP contribution in [-0.4, -0.2) is 36.1 Å². The molecule has 0 spiro atoms. The molecule has 0 bridgehead atoms. The van der Waals surface area contributed by atoms with Crippen LogP contribution in [0.3, 0.4) is 0 Å². The normalized spacial score (nSPS) is 33.4. The van der Waals surface area contributed by atoms with Gasteiger partial charge in [-0.05, 0) is 51.4 Å². The molecule has 2 aliphatic rings. The molecule has 0 N–H and O–H groups in total. The van der Waals surface area contributed by atoms with E-state index in [0.717, 1.165) is 38.9 Å². The highest BCUT2D eigenvalue weighted by atomic mass is 16.5. The van der Waals surface area contributed by atoms with Gasteiger partial charge in [-0.3, -0.25) is 4.79 Å². The number of likely N-dealkylation sites (tertiary alicyclic amines) is 1. The SMILES string of the molecule is CCC(C(=O)N1C(C)CC[C@H]1CC)C1CCCOC1. The van der Waals surface area contributed by atoms with Gasteiger partial charge in [-0.25, -0.2) is 0 Å². The van der Waals surface area contributed by atoms with Crippen molar-refractivity contribution in [3.63, 3.8) is 0 Å². The van der Waals surface area contributed by atoms with E-state index in [1.165, 1.54) is 12.8 Å². The van der Waals surface area contributed by atoms with Crippen molar-refractivity contribution < 1.29 is 9.53 Å². The van der Waals surface area contributed by atoms with Crippen molar-refractivity contribution in [2.45, 2.75) is 71.4 Å². The highest BCUT2D eigenvalue weighted by Gasteiger charge is 2.38. The number of hydrogen-bond acceptors (Lipinski definition) is 2. The van der Waals surface area contributed by atoms with E-state index in [-0.39, 0.29) is 5.92 Å². The Labute approximate surface area is 117 Å². The summed E-state index contributed by atoms with van der Waals surface area (Å²) in [5.74, 6) is 1.02. The average Bonchev–Trinajstić information content (AvgIpc) is 2.81. The van der Waals surface area contributed by atoms with Gasteiger partial charge in [-0.2, -0.15) is 0 Å². The molecule has 2 aliphatic heterocycles. The molecule has 0 aromatic heterocycles. The van der Waals surface area contributed by atoms with Gasteiger partial charge in [0.1, 0.15) is 0 Å². The van der Waals surface area contributed by atoms with E-state index < -0.39 is 0 Å². The van der Waals surface area contributed by atoms with Gasteiger partial charge in [0, 0.05) is 24.6 Å². The Bertz CT molecular complexity index is 299. The average molecular weight is 267 g/mol. The Morgan fingerprint density at radius 2 is 2.11 bits per heavy atom. The van der Waals surface area contributed by atoms with Crippen molar-refractivity contribution in [1.29, 1.82) is 0 Å². The summed E-state index contributed by atoms with van der Waals surface area (Å²) in [5, 5.41) is 0. The molecule has 0 aromatic rings. The summed E-state index contributed by atoms with van der Waals surface area (Å²) in [6.45, 7) is 8.21. The molecule has 1 amide bonds. The number of nitrogens with zero attached hydrogens (tertiary/aromatic N) is 1. The van der Waals surface area contributed by atoms with Crippen LogP contribution >= 0.6 is 0 Å². The van der Waals surface area contributed by atoms with Crippen LogP contribution in [0.1, 0.15) is 59.3 Å². The van der Waals surface area contributed by atoms with Crippen molar-refractivity contribution in [2.24, 2.45) is 11.8 Å². The second-order valence-corrected chi connectivity index (χ2v) is 6.23. The maximum atomic E-state index is 12.9. The fourth-order valence-corrected chi connectivity index (χ4v) is 3.85. The highest BCUT2D eigenvalue weighted by molar-refractivity contribution is 5.80. The molecular weight excluding hydrogens is 238 g/mol. The van der Waals surface area contributed by atoms with Crippen molar-refractivity contribution in [2.75, 3.05) is 13.2 Å². The Hall–Kier alpha value is -0.570. The maximum Gasteiger partial charge on any atom is 0.226 e. The van der Waals surface area contributed by atoms with E-state index in [1.807, 2.05) is 0 Å². The number of ether oxygens (including phenoxy) is 1. The van der Waals surface area contributed by atoms with E-state index in [4.69, 9.17) is 4.74 Å². The Balaban J connectivity index is 2.06. The van der Waals surface area contributed by atoms with Crippen LogP contribution in [0.25, 0.3) is 0 Å². The third-order valence-electron chi connectivity index (χ3n) is 5.03. The molecule has 2 rings (SSSR count). The number of rotatable bonds is 4. The summed E-state index contributed by atoms with van der Waals surface area (Å²) in [6.07, 6.45) is 6.66. The molecule has 3 nitrogen and oxygen atoms in total. The van der Waals surface area contributed by atoms with Crippen molar-refractivity contribution >= 4 is 5.91 Å². The van der Waals surface area contributed by atoms with E-state index in [2.05, 4.69) is 25.7 Å². The second kappa shape index (κ2) is 6.74. The van der Waals surface area contributed by atoms with E-state index >= 15 is 0 Å². The van der Waals surface area contributed by atoms with E-state index in [0.29, 0.717) is 23.9 Å². The van der Waals surface area contributed by atoms with Gasteiger partial charge in [-0.1, -0.05) is 13.8 Å². The number of amides is 1. The van der Waals surface area contributed by atoms with Crippen LogP contribution in [0, 0.1) is 11.8 Å². The topological polar surface area (TPSA) is 29.5 Å². The molecule has 0 saturated carbocycles. The summed E-state index contributed by atoms with van der Waals surface area (Å²) >= 11 is 0. The lowest BCUT2D eigenvalue weighted by Gasteiger charge is -2.36. The predicted molar refractivity (Wildman–Crippen MR) is 76.9 cm³/mol. The first-order chi connectivity index (χ1) is 9.19. The molecule has 0 aliphatic carbocycles. The van der Waals surface area contributed by atoms with Crippen LogP contribution in [0.2, 0.25) is 0 Å². The minimum Gasteiger partial charge on any atom is -0.381 e. The van der Waals surface area contributed by atoms with Gasteiger partial charge < -0.3 is 9.64 Å². The smallest absolute Gasteiger partial charge is 0.226 e. The predicted octanol–water partition coefficient (Wildman–Crippen LogP) is 3.23. The Morgan fingerprint density at radius 3 is 2.68 bits per heavy atom. The standard InChI is InChI=1S/C16H29NO2/c1-4-14-9-8-12(3)17(14)16(18)15(5-2)13-7-6-10-19-11-13/h12-15H,4-11H2,1-3H3/t12?,13?,14-,15?/m1/s1.